The van der Waals surface area contributed by atoms with E-state index >= 15 is 0 Å². The lowest BCUT2D eigenvalue weighted by atomic mass is 10.2. The molecule has 3 N–H and O–H groups in total. The first kappa shape index (κ1) is 11.9. The molecule has 6 heteroatoms. The van der Waals surface area contributed by atoms with Gasteiger partial charge in [0.15, 0.2) is 6.04 Å². The van der Waals surface area contributed by atoms with E-state index in [0.29, 0.717) is 6.54 Å². The minimum atomic E-state index is -1.19. The average Bonchev–Trinajstić information content (AvgIpc) is 2.67. The lowest BCUT2D eigenvalue weighted by Crippen LogP contribution is -2.49. The van der Waals surface area contributed by atoms with Crippen molar-refractivity contribution < 1.29 is 19.4 Å². The van der Waals surface area contributed by atoms with Crippen LogP contribution in [0.1, 0.15) is 12.8 Å². The van der Waals surface area contributed by atoms with Crippen LogP contribution in [-0.2, 0) is 14.3 Å². The summed E-state index contributed by atoms with van der Waals surface area (Å²) < 4.78 is 5.29. The van der Waals surface area contributed by atoms with E-state index in [4.69, 9.17) is 9.84 Å². The minimum absolute atomic E-state index is 0.0280. The largest absolute Gasteiger partial charge is 0.480 e. The number of carbonyl (C=O) groups is 2. The van der Waals surface area contributed by atoms with Crippen LogP contribution in [0.25, 0.3) is 0 Å². The Bertz CT molecular complexity index is 238. The van der Waals surface area contributed by atoms with Gasteiger partial charge in [-0.1, -0.05) is 0 Å². The fourth-order valence-corrected chi connectivity index (χ4v) is 1.49. The van der Waals surface area contributed by atoms with Crippen LogP contribution < -0.4 is 10.6 Å². The molecule has 6 nitrogen and oxygen atoms in total. The Kier molecular flexibility index (Phi) is 4.51. The predicted molar refractivity (Wildman–Crippen MR) is 52.5 cm³/mol. The van der Waals surface area contributed by atoms with E-state index in [9.17, 15) is 9.59 Å². The van der Waals surface area contributed by atoms with Gasteiger partial charge in [0.05, 0.1) is 6.10 Å². The molecule has 2 unspecified atom stereocenters. The summed E-state index contributed by atoms with van der Waals surface area (Å²) in [6.07, 6.45) is 1.94. The van der Waals surface area contributed by atoms with Gasteiger partial charge in [-0.2, -0.15) is 0 Å². The second-order valence-corrected chi connectivity index (χ2v) is 3.44. The number of aliphatic carboxylic acids is 1. The van der Waals surface area contributed by atoms with Gasteiger partial charge in [0.2, 0.25) is 5.91 Å². The summed E-state index contributed by atoms with van der Waals surface area (Å²) in [5.41, 5.74) is 0. The van der Waals surface area contributed by atoms with Crippen molar-refractivity contribution in [2.45, 2.75) is 25.0 Å². The smallest absolute Gasteiger partial charge is 0.330 e. The van der Waals surface area contributed by atoms with Crippen LogP contribution in [0.3, 0.4) is 0 Å². The van der Waals surface area contributed by atoms with Gasteiger partial charge in [-0.25, -0.2) is 4.79 Å². The first-order valence-corrected chi connectivity index (χ1v) is 4.94. The van der Waals surface area contributed by atoms with Crippen molar-refractivity contribution in [2.75, 3.05) is 20.2 Å². The van der Waals surface area contributed by atoms with E-state index in [2.05, 4.69) is 10.6 Å². The third kappa shape index (κ3) is 3.49. The van der Waals surface area contributed by atoms with Crippen LogP contribution in [0.15, 0.2) is 0 Å². The third-order valence-corrected chi connectivity index (χ3v) is 2.33. The number of nitrogens with one attached hydrogen (secondary N) is 2. The highest BCUT2D eigenvalue weighted by atomic mass is 16.5. The van der Waals surface area contributed by atoms with Gasteiger partial charge < -0.3 is 15.2 Å². The molecule has 1 rings (SSSR count). The van der Waals surface area contributed by atoms with E-state index < -0.39 is 17.9 Å². The number of carboxylic acids is 1. The molecule has 1 heterocycles. The molecule has 1 amide bonds. The van der Waals surface area contributed by atoms with E-state index in [1.54, 1.807) is 0 Å². The van der Waals surface area contributed by atoms with Gasteiger partial charge >= 0.3 is 5.97 Å². The molecular weight excluding hydrogens is 200 g/mol. The second kappa shape index (κ2) is 5.67. The van der Waals surface area contributed by atoms with Gasteiger partial charge in [0.25, 0.3) is 0 Å². The number of carboxylic acid groups (broad SMARTS) is 1. The van der Waals surface area contributed by atoms with E-state index in [-0.39, 0.29) is 6.10 Å². The highest BCUT2D eigenvalue weighted by molar-refractivity contribution is 6.01. The first-order valence-electron chi connectivity index (χ1n) is 4.94. The summed E-state index contributed by atoms with van der Waals surface area (Å²) in [6.45, 7) is 1.10. The Morgan fingerprint density at radius 1 is 1.60 bits per heavy atom. The lowest BCUT2D eigenvalue weighted by Gasteiger charge is -2.14. The molecule has 0 bridgehead atoms. The molecule has 0 aliphatic carbocycles. The number of amides is 1. The number of likely N-dealkylation sites (N-methyl/N-ethyl adjacent to an activating group) is 1. The van der Waals surface area contributed by atoms with Gasteiger partial charge in [0.1, 0.15) is 0 Å². The first-order chi connectivity index (χ1) is 7.15. The average molecular weight is 216 g/mol. The van der Waals surface area contributed by atoms with Crippen molar-refractivity contribution in [3.05, 3.63) is 0 Å². The summed E-state index contributed by atoms with van der Waals surface area (Å²) in [7, 11) is 1.43. The van der Waals surface area contributed by atoms with E-state index in [0.717, 1.165) is 19.4 Å². The zero-order chi connectivity index (χ0) is 11.3. The van der Waals surface area contributed by atoms with Crippen molar-refractivity contribution in [2.24, 2.45) is 0 Å². The summed E-state index contributed by atoms with van der Waals surface area (Å²) in [6, 6.07) is -1.19. The third-order valence-electron chi connectivity index (χ3n) is 2.33. The molecular formula is C9H16N2O4. The van der Waals surface area contributed by atoms with Crippen molar-refractivity contribution >= 4 is 11.9 Å². The summed E-state index contributed by atoms with van der Waals surface area (Å²) in [4.78, 5) is 22.0. The quantitative estimate of drug-likeness (QED) is 0.511. The maximum absolute atomic E-state index is 11.4. The van der Waals surface area contributed by atoms with Crippen LogP contribution in [0.4, 0.5) is 0 Å². The number of rotatable bonds is 5. The molecule has 1 fully saturated rings. The minimum Gasteiger partial charge on any atom is -0.480 e. The lowest BCUT2D eigenvalue weighted by molar-refractivity contribution is -0.143. The molecule has 15 heavy (non-hydrogen) atoms. The summed E-state index contributed by atoms with van der Waals surface area (Å²) in [5.74, 6) is -1.71. The monoisotopic (exact) mass is 216 g/mol. The number of carbonyl (C=O) groups excluding carboxylic acids is 1. The van der Waals surface area contributed by atoms with E-state index in [1.165, 1.54) is 7.05 Å². The van der Waals surface area contributed by atoms with Crippen molar-refractivity contribution in [3.8, 4) is 0 Å². The van der Waals surface area contributed by atoms with Crippen LogP contribution >= 0.6 is 0 Å². The molecule has 0 saturated carbocycles. The van der Waals surface area contributed by atoms with Gasteiger partial charge in [0, 0.05) is 13.2 Å². The van der Waals surface area contributed by atoms with Gasteiger partial charge in [-0.05, 0) is 19.9 Å². The maximum Gasteiger partial charge on any atom is 0.330 e. The van der Waals surface area contributed by atoms with Crippen LogP contribution in [0.2, 0.25) is 0 Å². The summed E-state index contributed by atoms with van der Waals surface area (Å²) in [5, 5.41) is 13.7. The molecule has 0 aromatic heterocycles. The normalized spacial score (nSPS) is 22.3. The SMILES string of the molecule is CNC(C(=O)O)C(=O)NCC1CCCO1. The fraction of sp³-hybridized carbons (Fsp3) is 0.778. The molecule has 1 aliphatic rings. The Balaban J connectivity index is 2.30. The molecule has 0 radical (unpaired) electrons. The predicted octanol–water partition coefficient (Wildman–Crippen LogP) is -1.05. The highest BCUT2D eigenvalue weighted by Gasteiger charge is 2.25. The van der Waals surface area contributed by atoms with Crippen LogP contribution in [-0.4, -0.2) is 49.3 Å². The standard InChI is InChI=1S/C9H16N2O4/c1-10-7(9(13)14)8(12)11-5-6-3-2-4-15-6/h6-7,10H,2-5H2,1H3,(H,11,12)(H,13,14). The Hall–Kier alpha value is -1.14. The zero-order valence-electron chi connectivity index (χ0n) is 8.66. The molecule has 1 saturated heterocycles. The van der Waals surface area contributed by atoms with Gasteiger partial charge in [-0.15, -0.1) is 0 Å². The summed E-state index contributed by atoms with van der Waals surface area (Å²) >= 11 is 0. The highest BCUT2D eigenvalue weighted by Crippen LogP contribution is 2.10. The fourth-order valence-electron chi connectivity index (χ4n) is 1.49. The molecule has 0 aromatic rings. The Labute approximate surface area is 88.0 Å². The number of hydrogen-bond acceptors (Lipinski definition) is 4. The Morgan fingerprint density at radius 3 is 2.80 bits per heavy atom. The van der Waals surface area contributed by atoms with Crippen LogP contribution in [0.5, 0.6) is 0 Å². The van der Waals surface area contributed by atoms with E-state index in [1.807, 2.05) is 0 Å². The molecule has 86 valence electrons. The molecule has 0 spiro atoms. The topological polar surface area (TPSA) is 87.7 Å². The zero-order valence-corrected chi connectivity index (χ0v) is 8.66. The Morgan fingerprint density at radius 2 is 2.33 bits per heavy atom. The molecule has 2 atom stereocenters. The second-order valence-electron chi connectivity index (χ2n) is 3.44. The van der Waals surface area contributed by atoms with Crippen LogP contribution in [0, 0.1) is 0 Å². The number of ether oxygens (including phenoxy) is 1. The van der Waals surface area contributed by atoms with Crippen molar-refractivity contribution in [3.63, 3.8) is 0 Å². The molecule has 0 aromatic carbocycles. The van der Waals surface area contributed by atoms with Crippen molar-refractivity contribution in [1.82, 2.24) is 10.6 Å². The molecule has 1 aliphatic heterocycles. The maximum atomic E-state index is 11.4. The van der Waals surface area contributed by atoms with Gasteiger partial charge in [-0.3, -0.25) is 10.1 Å². The van der Waals surface area contributed by atoms with Crippen molar-refractivity contribution in [1.29, 1.82) is 0 Å². The number of hydrogen-bond donors (Lipinski definition) is 3.